The van der Waals surface area contributed by atoms with Crippen molar-refractivity contribution in [1.82, 2.24) is 4.98 Å². The minimum Gasteiger partial charge on any atom is -0.452 e. The van der Waals surface area contributed by atoms with Crippen molar-refractivity contribution < 1.29 is 14.3 Å². The van der Waals surface area contributed by atoms with Crippen LogP contribution in [0.3, 0.4) is 0 Å². The summed E-state index contributed by atoms with van der Waals surface area (Å²) in [5, 5.41) is 4.08. The number of aromatic nitrogens is 1. The second kappa shape index (κ2) is 10.1. The van der Waals surface area contributed by atoms with Gasteiger partial charge in [-0.05, 0) is 54.4 Å². The first kappa shape index (κ1) is 23.0. The van der Waals surface area contributed by atoms with Gasteiger partial charge in [0.25, 0.3) is 5.91 Å². The van der Waals surface area contributed by atoms with Gasteiger partial charge >= 0.3 is 5.97 Å². The molecule has 0 unspecified atom stereocenters. The number of benzene rings is 3. The van der Waals surface area contributed by atoms with Crippen LogP contribution >= 0.6 is 27.5 Å². The molecule has 1 aromatic heterocycles. The van der Waals surface area contributed by atoms with Crippen molar-refractivity contribution in [2.24, 2.45) is 0 Å². The van der Waals surface area contributed by atoms with Crippen LogP contribution in [0.4, 0.5) is 5.69 Å². The number of nitrogens with one attached hydrogen (secondary N) is 1. The molecular formula is C26H20BrClN2O3. The highest BCUT2D eigenvalue weighted by Gasteiger charge is 2.17. The van der Waals surface area contributed by atoms with Gasteiger partial charge in [0.2, 0.25) is 0 Å². The molecule has 1 N–H and O–H groups in total. The predicted molar refractivity (Wildman–Crippen MR) is 135 cm³/mol. The lowest BCUT2D eigenvalue weighted by Gasteiger charge is -2.12. The molecule has 0 radical (unpaired) electrons. The topological polar surface area (TPSA) is 68.3 Å². The molecule has 4 aromatic rings. The van der Waals surface area contributed by atoms with Gasteiger partial charge in [-0.15, -0.1) is 0 Å². The first-order valence-electron chi connectivity index (χ1n) is 10.4. The molecule has 1 amide bonds. The van der Waals surface area contributed by atoms with E-state index < -0.39 is 18.5 Å². The third-order valence-corrected chi connectivity index (χ3v) is 5.88. The van der Waals surface area contributed by atoms with Gasteiger partial charge in [0.15, 0.2) is 6.61 Å². The zero-order valence-electron chi connectivity index (χ0n) is 17.8. The lowest BCUT2D eigenvalue weighted by Crippen LogP contribution is -2.21. The van der Waals surface area contributed by atoms with Crippen molar-refractivity contribution in [3.63, 3.8) is 0 Å². The van der Waals surface area contributed by atoms with Gasteiger partial charge < -0.3 is 10.1 Å². The maximum atomic E-state index is 13.0. The average Bonchev–Trinajstić information content (AvgIpc) is 2.83. The summed E-state index contributed by atoms with van der Waals surface area (Å²) in [6.07, 6.45) is 0.755. The molecule has 0 fully saturated rings. The summed E-state index contributed by atoms with van der Waals surface area (Å²) < 4.78 is 6.30. The number of para-hydroxylation sites is 1. The number of nitrogens with zero attached hydrogens (tertiary/aromatic N) is 1. The van der Waals surface area contributed by atoms with Crippen molar-refractivity contribution in [2.45, 2.75) is 13.3 Å². The minimum absolute atomic E-state index is 0.344. The van der Waals surface area contributed by atoms with Crippen LogP contribution in [0.1, 0.15) is 22.8 Å². The Kier molecular flexibility index (Phi) is 7.06. The summed E-state index contributed by atoms with van der Waals surface area (Å²) in [6.45, 7) is 1.61. The zero-order chi connectivity index (χ0) is 23.4. The number of anilines is 1. The molecule has 0 atom stereocenters. The van der Waals surface area contributed by atoms with Crippen molar-refractivity contribution in [3.05, 3.63) is 93.4 Å². The van der Waals surface area contributed by atoms with Crippen molar-refractivity contribution in [1.29, 1.82) is 0 Å². The first-order chi connectivity index (χ1) is 15.9. The van der Waals surface area contributed by atoms with E-state index in [0.717, 1.165) is 22.0 Å². The van der Waals surface area contributed by atoms with E-state index in [2.05, 4.69) is 26.2 Å². The van der Waals surface area contributed by atoms with Crippen LogP contribution < -0.4 is 5.32 Å². The second-order valence-corrected chi connectivity index (χ2v) is 8.71. The Balaban J connectivity index is 1.55. The highest BCUT2D eigenvalue weighted by atomic mass is 79.9. The number of hydrogen-bond acceptors (Lipinski definition) is 4. The van der Waals surface area contributed by atoms with Gasteiger partial charge in [0.05, 0.1) is 16.8 Å². The number of amides is 1. The van der Waals surface area contributed by atoms with Crippen molar-refractivity contribution in [2.75, 3.05) is 11.9 Å². The lowest BCUT2D eigenvalue weighted by molar-refractivity contribution is -0.119. The predicted octanol–water partition coefficient (Wildman–Crippen LogP) is 6.68. The zero-order valence-corrected chi connectivity index (χ0v) is 20.1. The standard InChI is InChI=1S/C26H20BrClN2O3/c1-2-16-13-18(27)9-12-22(16)30-25(31)15-33-26(32)21-14-24(17-7-10-19(28)11-8-17)29-23-6-4-3-5-20(21)23/h3-14H,2,15H2,1H3,(H,30,31). The quantitative estimate of drug-likeness (QED) is 0.286. The fourth-order valence-corrected chi connectivity index (χ4v) is 4.02. The largest absolute Gasteiger partial charge is 0.452 e. The van der Waals surface area contributed by atoms with Gasteiger partial charge in [-0.3, -0.25) is 4.79 Å². The maximum absolute atomic E-state index is 13.0. The smallest absolute Gasteiger partial charge is 0.339 e. The molecule has 3 aromatic carbocycles. The fourth-order valence-electron chi connectivity index (χ4n) is 3.48. The fraction of sp³-hybridized carbons (Fsp3) is 0.115. The van der Waals surface area contributed by atoms with Gasteiger partial charge in [-0.1, -0.05) is 64.8 Å². The summed E-state index contributed by atoms with van der Waals surface area (Å²) in [7, 11) is 0. The minimum atomic E-state index is -0.592. The van der Waals surface area contributed by atoms with Crippen LogP contribution in [0.2, 0.25) is 5.02 Å². The average molecular weight is 524 g/mol. The third kappa shape index (κ3) is 5.41. The van der Waals surface area contributed by atoms with Gasteiger partial charge in [0.1, 0.15) is 0 Å². The summed E-state index contributed by atoms with van der Waals surface area (Å²) in [5.41, 5.74) is 4.11. The molecule has 166 valence electrons. The molecule has 1 heterocycles. The van der Waals surface area contributed by atoms with Crippen LogP contribution in [-0.4, -0.2) is 23.5 Å². The van der Waals surface area contributed by atoms with E-state index in [1.807, 2.05) is 55.5 Å². The Labute approximate surface area is 204 Å². The van der Waals surface area contributed by atoms with Gasteiger partial charge in [-0.2, -0.15) is 0 Å². The highest BCUT2D eigenvalue weighted by Crippen LogP contribution is 2.27. The number of aryl methyl sites for hydroxylation is 1. The van der Waals surface area contributed by atoms with E-state index in [4.69, 9.17) is 16.3 Å². The number of rotatable bonds is 6. The van der Waals surface area contributed by atoms with Crippen LogP contribution in [0.15, 0.2) is 77.3 Å². The summed E-state index contributed by atoms with van der Waals surface area (Å²) in [6, 6.07) is 21.8. The molecule has 0 aliphatic heterocycles. The van der Waals surface area contributed by atoms with Crippen molar-refractivity contribution >= 4 is 56.0 Å². The van der Waals surface area contributed by atoms with E-state index in [1.165, 1.54) is 0 Å². The van der Waals surface area contributed by atoms with E-state index >= 15 is 0 Å². The second-order valence-electron chi connectivity index (χ2n) is 7.36. The highest BCUT2D eigenvalue weighted by molar-refractivity contribution is 9.10. The molecular weight excluding hydrogens is 504 g/mol. The summed E-state index contributed by atoms with van der Waals surface area (Å²) in [5.74, 6) is -0.998. The molecule has 7 heteroatoms. The molecule has 0 saturated heterocycles. The van der Waals surface area contributed by atoms with E-state index in [0.29, 0.717) is 32.9 Å². The number of esters is 1. The van der Waals surface area contributed by atoms with Crippen LogP contribution in [0.25, 0.3) is 22.2 Å². The van der Waals surface area contributed by atoms with Gasteiger partial charge in [0, 0.05) is 26.1 Å². The number of fused-ring (bicyclic) bond motifs is 1. The Bertz CT molecular complexity index is 1340. The summed E-state index contributed by atoms with van der Waals surface area (Å²) in [4.78, 5) is 30.1. The molecule has 33 heavy (non-hydrogen) atoms. The van der Waals surface area contributed by atoms with Crippen LogP contribution in [0.5, 0.6) is 0 Å². The number of halogens is 2. The van der Waals surface area contributed by atoms with E-state index in [9.17, 15) is 9.59 Å². The Hall–Kier alpha value is -3.22. The molecule has 0 aliphatic rings. The molecule has 4 rings (SSSR count). The SMILES string of the molecule is CCc1cc(Br)ccc1NC(=O)COC(=O)c1cc(-c2ccc(Cl)cc2)nc2ccccc12. The Morgan fingerprint density at radius 3 is 2.55 bits per heavy atom. The lowest BCUT2D eigenvalue weighted by atomic mass is 10.0. The van der Waals surface area contributed by atoms with E-state index in [-0.39, 0.29) is 0 Å². The van der Waals surface area contributed by atoms with Crippen LogP contribution in [-0.2, 0) is 16.0 Å². The number of carbonyl (C=O) groups is 2. The normalized spacial score (nSPS) is 10.8. The Morgan fingerprint density at radius 2 is 1.79 bits per heavy atom. The molecule has 5 nitrogen and oxygen atoms in total. The summed E-state index contributed by atoms with van der Waals surface area (Å²) >= 11 is 9.43. The molecule has 0 bridgehead atoms. The number of hydrogen-bond donors (Lipinski definition) is 1. The van der Waals surface area contributed by atoms with E-state index in [1.54, 1.807) is 24.3 Å². The van der Waals surface area contributed by atoms with Crippen molar-refractivity contribution in [3.8, 4) is 11.3 Å². The molecule has 0 spiro atoms. The monoisotopic (exact) mass is 522 g/mol. The third-order valence-electron chi connectivity index (χ3n) is 5.13. The number of carbonyl (C=O) groups excluding carboxylic acids is 2. The maximum Gasteiger partial charge on any atom is 0.339 e. The number of pyridine rings is 1. The van der Waals surface area contributed by atoms with Crippen LogP contribution in [0, 0.1) is 0 Å². The van der Waals surface area contributed by atoms with Gasteiger partial charge in [-0.25, -0.2) is 9.78 Å². The molecule has 0 aliphatic carbocycles. The Morgan fingerprint density at radius 1 is 1.03 bits per heavy atom. The number of ether oxygens (including phenoxy) is 1. The first-order valence-corrected chi connectivity index (χ1v) is 11.5. The molecule has 0 saturated carbocycles.